The number of pyridine rings is 3. The Balaban J connectivity index is 0.00000177. The Morgan fingerprint density at radius 3 is 2.42 bits per heavy atom. The van der Waals surface area contributed by atoms with E-state index in [0.717, 1.165) is 69.0 Å². The van der Waals surface area contributed by atoms with Crippen LogP contribution in [0.15, 0.2) is 47.5 Å². The first-order valence-corrected chi connectivity index (χ1v) is 17.9. The topological polar surface area (TPSA) is 121 Å². The van der Waals surface area contributed by atoms with Crippen molar-refractivity contribution in [1.29, 1.82) is 0 Å². The fourth-order valence-corrected chi connectivity index (χ4v) is 8.38. The number of nitrogens with zero attached hydrogens (tertiary/aromatic N) is 7. The lowest BCUT2D eigenvalue weighted by Crippen LogP contribution is -2.56. The average molecular weight is 679 g/mol. The van der Waals surface area contributed by atoms with Crippen molar-refractivity contribution in [2.45, 2.75) is 59.2 Å². The smallest absolute Gasteiger partial charge is 0.276 e. The molecule has 1 unspecified atom stereocenters. The van der Waals surface area contributed by atoms with Gasteiger partial charge >= 0.3 is 0 Å². The number of anilines is 4. The second kappa shape index (κ2) is 12.4. The lowest BCUT2D eigenvalue weighted by atomic mass is 9.90. The number of hydrogen-bond acceptors (Lipinski definition) is 9. The zero-order valence-electron chi connectivity index (χ0n) is 29.6. The van der Waals surface area contributed by atoms with E-state index in [1.54, 1.807) is 24.2 Å². The Labute approximate surface area is 292 Å². The van der Waals surface area contributed by atoms with Gasteiger partial charge in [0.2, 0.25) is 0 Å². The number of aliphatic hydroxyl groups excluding tert-OH is 1. The van der Waals surface area contributed by atoms with Gasteiger partial charge in [0.25, 0.3) is 11.5 Å². The number of nitrogens with one attached hydrogen (secondary N) is 1. The van der Waals surface area contributed by atoms with E-state index in [4.69, 9.17) is 4.74 Å². The predicted molar refractivity (Wildman–Crippen MR) is 194 cm³/mol. The lowest BCUT2D eigenvalue weighted by Gasteiger charge is -2.43. The van der Waals surface area contributed by atoms with Crippen molar-refractivity contribution < 1.29 is 14.6 Å². The number of carbonyl (C=O) groups excluding carboxylic acids is 1. The highest BCUT2D eigenvalue weighted by atomic mass is 16.5. The van der Waals surface area contributed by atoms with Crippen LogP contribution in [0.2, 0.25) is 0 Å². The summed E-state index contributed by atoms with van der Waals surface area (Å²) in [7, 11) is 1.67. The minimum absolute atomic E-state index is 0.113. The molecule has 50 heavy (non-hydrogen) atoms. The Morgan fingerprint density at radius 2 is 1.72 bits per heavy atom. The van der Waals surface area contributed by atoms with E-state index in [2.05, 4.69) is 43.5 Å². The molecule has 2 fully saturated rings. The summed E-state index contributed by atoms with van der Waals surface area (Å²) >= 11 is 0. The van der Waals surface area contributed by atoms with Crippen molar-refractivity contribution in [3.05, 3.63) is 81.3 Å². The second-order valence-electron chi connectivity index (χ2n) is 14.6. The summed E-state index contributed by atoms with van der Waals surface area (Å²) < 4.78 is 9.02. The summed E-state index contributed by atoms with van der Waals surface area (Å²) in [4.78, 5) is 43.3. The molecule has 4 aromatic heterocycles. The summed E-state index contributed by atoms with van der Waals surface area (Å²) in [5, 5.41) is 14.9. The van der Waals surface area contributed by atoms with E-state index in [-0.39, 0.29) is 16.9 Å². The Hall–Kier alpha value is -4.52. The van der Waals surface area contributed by atoms with Crippen molar-refractivity contribution in [2.24, 2.45) is 12.5 Å². The maximum atomic E-state index is 13.9. The highest BCUT2D eigenvalue weighted by molar-refractivity contribution is 6.07. The van der Waals surface area contributed by atoms with Gasteiger partial charge in [-0.2, -0.15) is 0 Å². The molecule has 1 amide bonds. The van der Waals surface area contributed by atoms with Crippen molar-refractivity contribution in [1.82, 2.24) is 24.0 Å². The molecule has 2 N–H and O–H groups in total. The molecule has 12 nitrogen and oxygen atoms in total. The molecule has 2 saturated heterocycles. The van der Waals surface area contributed by atoms with Crippen LogP contribution < -0.4 is 20.7 Å². The molecule has 0 radical (unpaired) electrons. The van der Waals surface area contributed by atoms with Gasteiger partial charge in [-0.15, -0.1) is 0 Å². The number of carbonyl (C=O) groups is 1. The molecular formula is C38H46N8O4. The number of amides is 1. The Bertz CT molecular complexity index is 2020. The van der Waals surface area contributed by atoms with Gasteiger partial charge in [0.05, 0.1) is 36.8 Å². The molecule has 12 heteroatoms. The van der Waals surface area contributed by atoms with Gasteiger partial charge in [-0.3, -0.25) is 19.4 Å². The third kappa shape index (κ3) is 5.23. The monoisotopic (exact) mass is 678 g/mol. The molecule has 4 aromatic rings. The van der Waals surface area contributed by atoms with E-state index < -0.39 is 6.10 Å². The van der Waals surface area contributed by atoms with Crippen LogP contribution >= 0.6 is 0 Å². The van der Waals surface area contributed by atoms with Crippen LogP contribution in [0.5, 0.6) is 0 Å². The standard InChI is InChI=1S/C36H40N8O4.C2H6/c1-36(2)16-21-14-27-35(47)44(13-12-43(27)28(21)17-36)33-30-24(6-7-37-33)25-15-26(34(46)40(3)31(25)32(30)45)39-29-5-4-22(18-38-29)41-8-10-42(11-9-41)23-19-48-20-23;1-2/h4-7,14-15,18,23,32,45H,8-13,16-17,19-20H2,1-3H3,(H,38,39);1-2H3. The van der Waals surface area contributed by atoms with Crippen LogP contribution in [0.4, 0.5) is 23.0 Å². The summed E-state index contributed by atoms with van der Waals surface area (Å²) in [6.45, 7) is 15.2. The molecular weight excluding hydrogens is 632 g/mol. The molecule has 1 atom stereocenters. The van der Waals surface area contributed by atoms with E-state index in [1.807, 2.05) is 44.3 Å². The van der Waals surface area contributed by atoms with Gasteiger partial charge in [0, 0.05) is 69.3 Å². The molecule has 3 aliphatic heterocycles. The summed E-state index contributed by atoms with van der Waals surface area (Å²) in [5.74, 6) is 0.890. The minimum atomic E-state index is -1.10. The third-order valence-corrected chi connectivity index (χ3v) is 11.0. The fraction of sp³-hybridized carbons (Fsp3) is 0.474. The van der Waals surface area contributed by atoms with Crippen molar-refractivity contribution in [3.63, 3.8) is 0 Å². The Morgan fingerprint density at radius 1 is 0.940 bits per heavy atom. The quantitative estimate of drug-likeness (QED) is 0.321. The van der Waals surface area contributed by atoms with Crippen LogP contribution in [0.25, 0.3) is 11.1 Å². The average Bonchev–Trinajstić information content (AvgIpc) is 3.69. The van der Waals surface area contributed by atoms with Crippen LogP contribution in [-0.2, 0) is 31.2 Å². The van der Waals surface area contributed by atoms with Gasteiger partial charge in [-0.25, -0.2) is 9.97 Å². The van der Waals surface area contributed by atoms with Crippen LogP contribution in [0.3, 0.4) is 0 Å². The van der Waals surface area contributed by atoms with Crippen LogP contribution in [0.1, 0.15) is 66.8 Å². The molecule has 5 aliphatic rings. The summed E-state index contributed by atoms with van der Waals surface area (Å²) in [6, 6.07) is 10.2. The maximum Gasteiger partial charge on any atom is 0.276 e. The van der Waals surface area contributed by atoms with Gasteiger partial charge < -0.3 is 29.2 Å². The zero-order chi connectivity index (χ0) is 34.9. The van der Waals surface area contributed by atoms with Crippen LogP contribution in [0, 0.1) is 5.41 Å². The predicted octanol–water partition coefficient (Wildman–Crippen LogP) is 4.11. The SMILES string of the molecule is CC.Cn1c2c(cc(Nc3ccc(N4CCN(C5COC5)CC4)cn3)c1=O)-c1ccnc(N3CCn4c(cc5c4CC(C)(C)C5)C3=O)c1C2O. The number of ether oxygens (including phenoxy) is 1. The van der Waals surface area contributed by atoms with Crippen molar-refractivity contribution in [2.75, 3.05) is 61.1 Å². The van der Waals surface area contributed by atoms with Gasteiger partial charge in [-0.05, 0) is 59.7 Å². The highest BCUT2D eigenvalue weighted by Gasteiger charge is 2.40. The van der Waals surface area contributed by atoms with Gasteiger partial charge in [-0.1, -0.05) is 27.7 Å². The summed E-state index contributed by atoms with van der Waals surface area (Å²) in [6.07, 6.45) is 4.34. The molecule has 7 heterocycles. The van der Waals surface area contributed by atoms with E-state index in [1.165, 1.54) is 15.8 Å². The van der Waals surface area contributed by atoms with Crippen molar-refractivity contribution in [3.8, 4) is 11.1 Å². The van der Waals surface area contributed by atoms with Gasteiger partial charge in [0.15, 0.2) is 0 Å². The first kappa shape index (κ1) is 32.7. The van der Waals surface area contributed by atoms with Crippen molar-refractivity contribution >= 4 is 28.9 Å². The normalized spacial score (nSPS) is 20.8. The molecule has 262 valence electrons. The number of piperazine rings is 1. The molecule has 9 rings (SSSR count). The highest BCUT2D eigenvalue weighted by Crippen LogP contribution is 2.48. The number of hydrogen-bond donors (Lipinski definition) is 2. The number of aromatic nitrogens is 4. The lowest BCUT2D eigenvalue weighted by molar-refractivity contribution is -0.0660. The zero-order valence-corrected chi connectivity index (χ0v) is 29.6. The number of rotatable bonds is 5. The number of aliphatic hydroxyl groups is 1. The number of fused-ring (bicyclic) bond motifs is 6. The fourth-order valence-electron chi connectivity index (χ4n) is 8.38. The maximum absolute atomic E-state index is 13.9. The minimum Gasteiger partial charge on any atom is -0.382 e. The van der Waals surface area contributed by atoms with E-state index >= 15 is 0 Å². The largest absolute Gasteiger partial charge is 0.382 e. The molecule has 0 bridgehead atoms. The first-order valence-electron chi connectivity index (χ1n) is 17.9. The molecule has 0 aromatic carbocycles. The Kier molecular flexibility index (Phi) is 8.08. The second-order valence-corrected chi connectivity index (χ2v) is 14.6. The van der Waals surface area contributed by atoms with Crippen LogP contribution in [-0.4, -0.2) is 87.0 Å². The molecule has 0 saturated carbocycles. The molecule has 0 spiro atoms. The molecule has 2 aliphatic carbocycles. The van der Waals surface area contributed by atoms with E-state index in [0.29, 0.717) is 53.4 Å². The van der Waals surface area contributed by atoms with Gasteiger partial charge in [0.1, 0.15) is 29.1 Å². The third-order valence-electron chi connectivity index (χ3n) is 11.0. The van der Waals surface area contributed by atoms with E-state index in [9.17, 15) is 14.7 Å². The first-order chi connectivity index (χ1) is 24.2. The summed E-state index contributed by atoms with van der Waals surface area (Å²) in [5.41, 5.74) is 7.05.